The summed E-state index contributed by atoms with van der Waals surface area (Å²) < 4.78 is 30.0. The summed E-state index contributed by atoms with van der Waals surface area (Å²) in [6.45, 7) is 2.18. The molecule has 3 heterocycles. The predicted octanol–water partition coefficient (Wildman–Crippen LogP) is 2.08. The molecule has 35 heavy (non-hydrogen) atoms. The number of H-pyrrole nitrogens is 1. The molecule has 0 saturated heterocycles. The maximum Gasteiger partial charge on any atom is 0.330 e. The van der Waals surface area contributed by atoms with Gasteiger partial charge in [0.05, 0.1) is 18.7 Å². The van der Waals surface area contributed by atoms with Gasteiger partial charge in [0.25, 0.3) is 21.5 Å². The first-order chi connectivity index (χ1) is 16.8. The lowest BCUT2D eigenvalue weighted by Gasteiger charge is -2.16. The molecule has 0 spiro atoms. The summed E-state index contributed by atoms with van der Waals surface area (Å²) >= 11 is 0. The summed E-state index contributed by atoms with van der Waals surface area (Å²) in [5.74, 6) is -0.429. The van der Waals surface area contributed by atoms with E-state index in [0.717, 1.165) is 16.3 Å². The second kappa shape index (κ2) is 8.66. The number of fused-ring (bicyclic) bond motifs is 2. The average Bonchev–Trinajstić information content (AvgIpc) is 3.30. The van der Waals surface area contributed by atoms with Crippen LogP contribution in [0, 0.1) is 0 Å². The van der Waals surface area contributed by atoms with Crippen molar-refractivity contribution < 1.29 is 13.2 Å². The highest BCUT2D eigenvalue weighted by atomic mass is 32.2. The molecular weight excluding hydrogens is 470 g/mol. The molecule has 1 aliphatic rings. The second-order valence-corrected chi connectivity index (χ2v) is 10.2. The molecule has 1 N–H and O–H groups in total. The SMILES string of the molecule is CCCCn1c(CN2C(=O)c3ccccc3S2(=O)=O)nc2c1c(=O)[nH]c(=O)n2Cc1ccccc1. The minimum absolute atomic E-state index is 0.0555. The number of carbonyl (C=O) groups excluding carboxylic acids is 1. The Balaban J connectivity index is 1.66. The number of imidazole rings is 1. The Morgan fingerprint density at radius 2 is 1.63 bits per heavy atom. The number of aromatic nitrogens is 4. The van der Waals surface area contributed by atoms with Gasteiger partial charge in [-0.05, 0) is 24.1 Å². The molecule has 180 valence electrons. The lowest BCUT2D eigenvalue weighted by atomic mass is 10.2. The fourth-order valence-corrected chi connectivity index (χ4v) is 5.85. The lowest BCUT2D eigenvalue weighted by molar-refractivity contribution is 0.0862. The van der Waals surface area contributed by atoms with Crippen molar-refractivity contribution in [3.8, 4) is 0 Å². The van der Waals surface area contributed by atoms with Gasteiger partial charge in [-0.15, -0.1) is 0 Å². The molecule has 1 aliphatic heterocycles. The van der Waals surface area contributed by atoms with Crippen LogP contribution in [0.15, 0.2) is 69.1 Å². The standard InChI is InChI=1S/C24H23N5O5S/c1-2-3-13-27-19(15-29-23(31)17-11-7-8-12-18(17)35(29,33)34)25-21-20(27)22(30)26-24(32)28(21)14-16-9-5-4-6-10-16/h4-12H,2-3,13-15H2,1H3,(H,26,30,32). The Morgan fingerprint density at radius 3 is 2.34 bits per heavy atom. The van der Waals surface area contributed by atoms with Crippen molar-refractivity contribution in [2.24, 2.45) is 0 Å². The van der Waals surface area contributed by atoms with Crippen molar-refractivity contribution in [1.82, 2.24) is 23.4 Å². The van der Waals surface area contributed by atoms with Crippen LogP contribution < -0.4 is 11.2 Å². The number of rotatable bonds is 7. The van der Waals surface area contributed by atoms with Crippen molar-refractivity contribution >= 4 is 27.1 Å². The summed E-state index contributed by atoms with van der Waals surface area (Å²) in [5, 5.41) is 0. The van der Waals surface area contributed by atoms with Crippen molar-refractivity contribution in [2.45, 2.75) is 44.3 Å². The molecule has 11 heteroatoms. The first-order valence-corrected chi connectivity index (χ1v) is 12.7. The van der Waals surface area contributed by atoms with E-state index in [9.17, 15) is 22.8 Å². The largest absolute Gasteiger partial charge is 0.330 e. The number of benzene rings is 2. The summed E-state index contributed by atoms with van der Waals surface area (Å²) in [6.07, 6.45) is 1.50. The van der Waals surface area contributed by atoms with Gasteiger partial charge in [0, 0.05) is 6.54 Å². The number of hydrogen-bond donors (Lipinski definition) is 1. The lowest BCUT2D eigenvalue weighted by Crippen LogP contribution is -2.32. The van der Waals surface area contributed by atoms with Gasteiger partial charge < -0.3 is 4.57 Å². The molecule has 10 nitrogen and oxygen atoms in total. The summed E-state index contributed by atoms with van der Waals surface area (Å²) in [7, 11) is -4.07. The molecule has 2 aromatic heterocycles. The quantitative estimate of drug-likeness (QED) is 0.420. The van der Waals surface area contributed by atoms with Crippen molar-refractivity contribution in [3.63, 3.8) is 0 Å². The van der Waals surface area contributed by atoms with E-state index in [1.807, 2.05) is 37.3 Å². The fraction of sp³-hybridized carbons (Fsp3) is 0.250. The smallest absolute Gasteiger partial charge is 0.321 e. The van der Waals surface area contributed by atoms with E-state index in [1.54, 1.807) is 16.7 Å². The molecule has 0 unspecified atom stereocenters. The first-order valence-electron chi connectivity index (χ1n) is 11.2. The number of nitrogens with one attached hydrogen (secondary N) is 1. The van der Waals surface area contributed by atoms with E-state index in [-0.39, 0.29) is 40.5 Å². The van der Waals surface area contributed by atoms with Gasteiger partial charge in [0.1, 0.15) is 10.7 Å². The normalized spacial score (nSPS) is 14.5. The van der Waals surface area contributed by atoms with E-state index in [2.05, 4.69) is 9.97 Å². The molecule has 0 bridgehead atoms. The van der Waals surface area contributed by atoms with E-state index in [4.69, 9.17) is 0 Å². The van der Waals surface area contributed by atoms with Crippen molar-refractivity contribution in [3.05, 3.63) is 92.4 Å². The van der Waals surface area contributed by atoms with Crippen LogP contribution in [0.1, 0.15) is 41.5 Å². The topological polar surface area (TPSA) is 127 Å². The van der Waals surface area contributed by atoms with Crippen LogP contribution in [0.25, 0.3) is 11.2 Å². The number of amides is 1. The number of aromatic amines is 1. The van der Waals surface area contributed by atoms with E-state index in [0.29, 0.717) is 13.0 Å². The molecule has 0 saturated carbocycles. The van der Waals surface area contributed by atoms with Gasteiger partial charge in [-0.3, -0.25) is 19.1 Å². The van der Waals surface area contributed by atoms with Crippen LogP contribution in [0.3, 0.4) is 0 Å². The summed E-state index contributed by atoms with van der Waals surface area (Å²) in [6, 6.07) is 15.3. The van der Waals surface area contributed by atoms with E-state index < -0.39 is 27.2 Å². The number of carbonyl (C=O) groups is 1. The van der Waals surface area contributed by atoms with Crippen LogP contribution in [0.5, 0.6) is 0 Å². The zero-order valence-corrected chi connectivity index (χ0v) is 19.8. The van der Waals surface area contributed by atoms with Crippen LogP contribution in [-0.4, -0.2) is 37.7 Å². The van der Waals surface area contributed by atoms with Crippen LogP contribution >= 0.6 is 0 Å². The van der Waals surface area contributed by atoms with Crippen LogP contribution in [0.4, 0.5) is 0 Å². The zero-order valence-electron chi connectivity index (χ0n) is 19.0. The number of unbranched alkanes of at least 4 members (excludes halogenated alkanes) is 1. The minimum Gasteiger partial charge on any atom is -0.321 e. The Morgan fingerprint density at radius 1 is 0.914 bits per heavy atom. The maximum absolute atomic E-state index is 13.1. The highest BCUT2D eigenvalue weighted by molar-refractivity contribution is 7.90. The first kappa shape index (κ1) is 22.8. The van der Waals surface area contributed by atoms with Gasteiger partial charge >= 0.3 is 5.69 Å². The second-order valence-electron chi connectivity index (χ2n) is 8.35. The third kappa shape index (κ3) is 3.77. The average molecular weight is 494 g/mol. The molecule has 0 aliphatic carbocycles. The number of aryl methyl sites for hydroxylation is 1. The monoisotopic (exact) mass is 493 g/mol. The molecule has 0 atom stereocenters. The molecular formula is C24H23N5O5S. The minimum atomic E-state index is -4.07. The van der Waals surface area contributed by atoms with Crippen LogP contribution in [0.2, 0.25) is 0 Å². The molecule has 5 rings (SSSR count). The van der Waals surface area contributed by atoms with Gasteiger partial charge in [-0.1, -0.05) is 55.8 Å². The number of nitrogens with zero attached hydrogens (tertiary/aromatic N) is 4. The van der Waals surface area contributed by atoms with E-state index in [1.165, 1.54) is 16.7 Å². The van der Waals surface area contributed by atoms with E-state index >= 15 is 0 Å². The summed E-state index contributed by atoms with van der Waals surface area (Å²) in [4.78, 5) is 45.5. The van der Waals surface area contributed by atoms with Crippen LogP contribution in [-0.2, 0) is 29.7 Å². The summed E-state index contributed by atoms with van der Waals surface area (Å²) in [5.41, 5.74) is 0.0297. The zero-order chi connectivity index (χ0) is 24.7. The number of hydrogen-bond acceptors (Lipinski definition) is 6. The Kier molecular flexibility index (Phi) is 5.64. The maximum atomic E-state index is 13.1. The van der Waals surface area contributed by atoms with Gasteiger partial charge in [-0.25, -0.2) is 22.5 Å². The van der Waals surface area contributed by atoms with Crippen molar-refractivity contribution in [2.75, 3.05) is 0 Å². The van der Waals surface area contributed by atoms with Gasteiger partial charge in [0.2, 0.25) is 0 Å². The molecule has 2 aromatic carbocycles. The van der Waals surface area contributed by atoms with Crippen molar-refractivity contribution in [1.29, 1.82) is 0 Å². The molecule has 0 fully saturated rings. The Hall–Kier alpha value is -3.99. The third-order valence-electron chi connectivity index (χ3n) is 6.08. The fourth-order valence-electron chi connectivity index (χ4n) is 4.32. The third-order valence-corrected chi connectivity index (χ3v) is 7.87. The predicted molar refractivity (Wildman–Crippen MR) is 129 cm³/mol. The number of sulfonamides is 1. The highest BCUT2D eigenvalue weighted by Crippen LogP contribution is 2.31. The molecule has 0 radical (unpaired) electrons. The Labute approximate surface area is 200 Å². The Bertz CT molecular complexity index is 1670. The van der Waals surface area contributed by atoms with Gasteiger partial charge in [-0.2, -0.15) is 0 Å². The molecule has 1 amide bonds. The molecule has 4 aromatic rings. The van der Waals surface area contributed by atoms with Gasteiger partial charge in [0.15, 0.2) is 11.2 Å². The highest BCUT2D eigenvalue weighted by Gasteiger charge is 2.41.